The fourth-order valence-corrected chi connectivity index (χ4v) is 4.09. The number of imide groups is 1. The molecule has 2 amide bonds. The predicted octanol–water partition coefficient (Wildman–Crippen LogP) is 3.10. The maximum absolute atomic E-state index is 13.0. The minimum atomic E-state index is -0.381. The summed E-state index contributed by atoms with van der Waals surface area (Å²) in [6, 6.07) is 15.2. The third kappa shape index (κ3) is 3.33. The van der Waals surface area contributed by atoms with Crippen LogP contribution in [0, 0.1) is 6.92 Å². The molecule has 4 rings (SSSR count). The summed E-state index contributed by atoms with van der Waals surface area (Å²) in [5.74, 6) is -0.292. The summed E-state index contributed by atoms with van der Waals surface area (Å²) in [7, 11) is 0. The number of benzene rings is 2. The van der Waals surface area contributed by atoms with Crippen molar-refractivity contribution in [1.29, 1.82) is 0 Å². The van der Waals surface area contributed by atoms with Crippen molar-refractivity contribution in [1.82, 2.24) is 4.90 Å². The Bertz CT molecular complexity index is 863. The van der Waals surface area contributed by atoms with E-state index in [1.165, 1.54) is 10.6 Å². The first-order chi connectivity index (χ1) is 13.1. The van der Waals surface area contributed by atoms with Crippen molar-refractivity contribution in [2.75, 3.05) is 36.0 Å². The molecule has 0 radical (unpaired) electrons. The van der Waals surface area contributed by atoms with Gasteiger partial charge in [0, 0.05) is 36.9 Å². The maximum Gasteiger partial charge on any atom is 0.251 e. The zero-order chi connectivity index (χ0) is 19.0. The topological polar surface area (TPSA) is 43.9 Å². The third-order valence-electron chi connectivity index (χ3n) is 5.48. The molecule has 2 heterocycles. The standard InChI is InChI=1S/C21H22ClN3O2/c1-15-17(22)8-5-9-18(15)25-20(26)14-19(21(25)27)24-12-10-23(11-13-24)16-6-3-2-4-7-16/h2-9,19H,10-14H2,1H3/t19-/m0/s1. The van der Waals surface area contributed by atoms with Gasteiger partial charge in [0.1, 0.15) is 0 Å². The van der Waals surface area contributed by atoms with Gasteiger partial charge in [-0.2, -0.15) is 0 Å². The van der Waals surface area contributed by atoms with Gasteiger partial charge in [0.25, 0.3) is 5.91 Å². The minimum absolute atomic E-state index is 0.140. The van der Waals surface area contributed by atoms with Crippen LogP contribution in [-0.2, 0) is 9.59 Å². The Kier molecular flexibility index (Phi) is 4.89. The second kappa shape index (κ2) is 7.33. The average molecular weight is 384 g/mol. The number of amides is 2. The van der Waals surface area contributed by atoms with Gasteiger partial charge >= 0.3 is 0 Å². The zero-order valence-corrected chi connectivity index (χ0v) is 16.0. The molecule has 0 saturated carbocycles. The largest absolute Gasteiger partial charge is 0.369 e. The van der Waals surface area contributed by atoms with E-state index in [4.69, 9.17) is 11.6 Å². The van der Waals surface area contributed by atoms with Crippen LogP contribution in [0.3, 0.4) is 0 Å². The lowest BCUT2D eigenvalue weighted by Gasteiger charge is -2.38. The van der Waals surface area contributed by atoms with Crippen LogP contribution in [0.2, 0.25) is 5.02 Å². The molecule has 2 aliphatic rings. The average Bonchev–Trinajstić information content (AvgIpc) is 2.99. The van der Waals surface area contributed by atoms with Gasteiger partial charge in [-0.1, -0.05) is 35.9 Å². The smallest absolute Gasteiger partial charge is 0.251 e. The van der Waals surface area contributed by atoms with E-state index in [2.05, 4.69) is 21.9 Å². The van der Waals surface area contributed by atoms with E-state index in [9.17, 15) is 9.59 Å². The van der Waals surface area contributed by atoms with E-state index in [-0.39, 0.29) is 24.3 Å². The molecule has 0 aliphatic carbocycles. The van der Waals surface area contributed by atoms with E-state index in [0.717, 1.165) is 31.7 Å². The van der Waals surface area contributed by atoms with E-state index in [1.54, 1.807) is 18.2 Å². The summed E-state index contributed by atoms with van der Waals surface area (Å²) >= 11 is 6.18. The highest BCUT2D eigenvalue weighted by Gasteiger charge is 2.43. The molecule has 0 N–H and O–H groups in total. The Balaban J connectivity index is 1.48. The van der Waals surface area contributed by atoms with Crippen molar-refractivity contribution in [2.45, 2.75) is 19.4 Å². The normalized spacial score (nSPS) is 21.2. The summed E-state index contributed by atoms with van der Waals surface area (Å²) < 4.78 is 0. The number of anilines is 2. The molecule has 2 fully saturated rings. The van der Waals surface area contributed by atoms with Gasteiger partial charge in [0.15, 0.2) is 0 Å². The number of rotatable bonds is 3. The molecule has 0 unspecified atom stereocenters. The summed E-state index contributed by atoms with van der Waals surface area (Å²) in [5.41, 5.74) is 2.56. The van der Waals surface area contributed by atoms with E-state index in [0.29, 0.717) is 10.7 Å². The Hall–Kier alpha value is -2.37. The van der Waals surface area contributed by atoms with Gasteiger partial charge < -0.3 is 4.90 Å². The SMILES string of the molecule is Cc1c(Cl)cccc1N1C(=O)C[C@H](N2CCN(c3ccccc3)CC2)C1=O. The maximum atomic E-state index is 13.0. The number of hydrogen-bond acceptors (Lipinski definition) is 4. The van der Waals surface area contributed by atoms with Gasteiger partial charge in [0.05, 0.1) is 18.2 Å². The van der Waals surface area contributed by atoms with Crippen molar-refractivity contribution in [3.63, 3.8) is 0 Å². The molecule has 2 saturated heterocycles. The van der Waals surface area contributed by atoms with E-state index >= 15 is 0 Å². The van der Waals surface area contributed by atoms with Crippen molar-refractivity contribution in [3.8, 4) is 0 Å². The van der Waals surface area contributed by atoms with Crippen LogP contribution in [0.15, 0.2) is 48.5 Å². The molecule has 140 valence electrons. The molecule has 0 aromatic heterocycles. The zero-order valence-electron chi connectivity index (χ0n) is 15.3. The first-order valence-corrected chi connectivity index (χ1v) is 9.60. The van der Waals surface area contributed by atoms with Crippen LogP contribution < -0.4 is 9.80 Å². The Morgan fingerprint density at radius 3 is 2.33 bits per heavy atom. The van der Waals surface area contributed by atoms with Gasteiger partial charge in [-0.25, -0.2) is 4.90 Å². The fraction of sp³-hybridized carbons (Fsp3) is 0.333. The van der Waals surface area contributed by atoms with Gasteiger partial charge in [0.2, 0.25) is 5.91 Å². The lowest BCUT2D eigenvalue weighted by Crippen LogP contribution is -2.52. The Labute approximate surface area is 164 Å². The molecular formula is C21H22ClN3O2. The number of carbonyl (C=O) groups excluding carboxylic acids is 2. The Morgan fingerprint density at radius 1 is 0.926 bits per heavy atom. The number of piperazine rings is 1. The molecule has 6 heteroatoms. The monoisotopic (exact) mass is 383 g/mol. The molecular weight excluding hydrogens is 362 g/mol. The molecule has 2 aliphatic heterocycles. The van der Waals surface area contributed by atoms with Crippen LogP contribution in [0.1, 0.15) is 12.0 Å². The summed E-state index contributed by atoms with van der Waals surface area (Å²) in [6.45, 7) is 5.06. The number of carbonyl (C=O) groups is 2. The van der Waals surface area contributed by atoms with E-state index < -0.39 is 0 Å². The molecule has 1 atom stereocenters. The van der Waals surface area contributed by atoms with Crippen molar-refractivity contribution in [3.05, 3.63) is 59.1 Å². The minimum Gasteiger partial charge on any atom is -0.369 e. The van der Waals surface area contributed by atoms with Crippen LogP contribution in [0.25, 0.3) is 0 Å². The Morgan fingerprint density at radius 2 is 1.63 bits per heavy atom. The first-order valence-electron chi connectivity index (χ1n) is 9.22. The molecule has 0 bridgehead atoms. The number of nitrogens with zero attached hydrogens (tertiary/aromatic N) is 3. The molecule has 0 spiro atoms. The van der Waals surface area contributed by atoms with Gasteiger partial charge in [-0.15, -0.1) is 0 Å². The fourth-order valence-electron chi connectivity index (χ4n) is 3.92. The van der Waals surface area contributed by atoms with Crippen molar-refractivity contribution in [2.24, 2.45) is 0 Å². The van der Waals surface area contributed by atoms with E-state index in [1.807, 2.05) is 25.1 Å². The van der Waals surface area contributed by atoms with Crippen LogP contribution in [0.5, 0.6) is 0 Å². The summed E-state index contributed by atoms with van der Waals surface area (Å²) in [5, 5.41) is 0.563. The number of para-hydroxylation sites is 1. The molecule has 5 nitrogen and oxygen atoms in total. The second-order valence-corrected chi connectivity index (χ2v) is 7.44. The van der Waals surface area contributed by atoms with Crippen LogP contribution >= 0.6 is 11.6 Å². The molecule has 2 aromatic carbocycles. The van der Waals surface area contributed by atoms with Crippen molar-refractivity contribution >= 4 is 34.8 Å². The third-order valence-corrected chi connectivity index (χ3v) is 5.89. The lowest BCUT2D eigenvalue weighted by atomic mass is 10.1. The summed E-state index contributed by atoms with van der Waals surface area (Å²) in [4.78, 5) is 31.4. The highest BCUT2D eigenvalue weighted by atomic mass is 35.5. The van der Waals surface area contributed by atoms with Gasteiger partial charge in [-0.05, 0) is 36.8 Å². The highest BCUT2D eigenvalue weighted by molar-refractivity contribution is 6.32. The van der Waals surface area contributed by atoms with Crippen LogP contribution in [0.4, 0.5) is 11.4 Å². The quantitative estimate of drug-likeness (QED) is 0.764. The van der Waals surface area contributed by atoms with Crippen molar-refractivity contribution < 1.29 is 9.59 Å². The first kappa shape index (κ1) is 18.0. The molecule has 2 aromatic rings. The number of hydrogen-bond donors (Lipinski definition) is 0. The van der Waals surface area contributed by atoms with Crippen LogP contribution in [-0.4, -0.2) is 48.9 Å². The highest BCUT2D eigenvalue weighted by Crippen LogP contribution is 2.32. The second-order valence-electron chi connectivity index (χ2n) is 7.03. The number of halogens is 1. The van der Waals surface area contributed by atoms with Gasteiger partial charge in [-0.3, -0.25) is 14.5 Å². The summed E-state index contributed by atoms with van der Waals surface area (Å²) in [6.07, 6.45) is 0.232. The molecule has 27 heavy (non-hydrogen) atoms. The lowest BCUT2D eigenvalue weighted by molar-refractivity contribution is -0.123. The predicted molar refractivity (Wildman–Crippen MR) is 107 cm³/mol.